The largest absolute Gasteiger partial charge is 0.484 e. The number of thioether (sulfide) groups is 1. The number of ether oxygens (including phenoxy) is 1. The molecule has 3 atom stereocenters. The van der Waals surface area contributed by atoms with Gasteiger partial charge in [-0.25, -0.2) is 0 Å². The van der Waals surface area contributed by atoms with Crippen molar-refractivity contribution in [3.05, 3.63) is 42.1 Å². The number of carboxylic acids is 1. The number of carbonyl (C=O) groups is 3. The van der Waals surface area contributed by atoms with Crippen molar-refractivity contribution in [3.63, 3.8) is 0 Å². The number of hydrogen-bond acceptors (Lipinski definition) is 5. The molecule has 1 saturated heterocycles. The van der Waals surface area contributed by atoms with Crippen molar-refractivity contribution in [2.24, 2.45) is 0 Å². The number of carboxylic acid groups (broad SMARTS) is 1. The van der Waals surface area contributed by atoms with Crippen molar-refractivity contribution in [2.45, 2.75) is 23.6 Å². The SMILES string of the molecule is CC1=CN2C(=O)C(NC(=O)COc3ccccc3)[C@H]2SC1C(=O)O. The van der Waals surface area contributed by atoms with E-state index in [9.17, 15) is 19.5 Å². The van der Waals surface area contributed by atoms with Crippen LogP contribution in [0.5, 0.6) is 5.75 Å². The molecule has 0 spiro atoms. The number of fused-ring (bicyclic) bond motifs is 1. The van der Waals surface area contributed by atoms with Crippen molar-refractivity contribution in [1.82, 2.24) is 10.2 Å². The fraction of sp³-hybridized carbons (Fsp3) is 0.312. The minimum atomic E-state index is -0.953. The molecule has 2 amide bonds. The first-order chi connectivity index (χ1) is 11.5. The van der Waals surface area contributed by atoms with Gasteiger partial charge in [-0.2, -0.15) is 0 Å². The van der Waals surface area contributed by atoms with Gasteiger partial charge >= 0.3 is 5.97 Å². The maximum absolute atomic E-state index is 12.1. The summed E-state index contributed by atoms with van der Waals surface area (Å²) >= 11 is 1.15. The summed E-state index contributed by atoms with van der Waals surface area (Å²) in [6.07, 6.45) is 1.55. The van der Waals surface area contributed by atoms with E-state index in [1.54, 1.807) is 37.4 Å². The Balaban J connectivity index is 1.57. The molecule has 8 heteroatoms. The lowest BCUT2D eigenvalue weighted by Gasteiger charge is -2.48. The number of amides is 2. The molecule has 2 heterocycles. The first kappa shape index (κ1) is 16.4. The molecule has 0 aromatic heterocycles. The standard InChI is InChI=1S/C16H16N2O5S/c1-9-7-18-14(20)12(15(18)24-13(9)16(21)22)17-11(19)8-23-10-5-3-2-4-6-10/h2-7,12-13,15H,8H2,1H3,(H,17,19)(H,21,22)/t12?,13?,15-/m1/s1. The number of aliphatic carboxylic acids is 1. The fourth-order valence-electron chi connectivity index (χ4n) is 2.57. The first-order valence-corrected chi connectivity index (χ1v) is 8.27. The number of hydrogen-bond donors (Lipinski definition) is 2. The molecule has 24 heavy (non-hydrogen) atoms. The summed E-state index contributed by atoms with van der Waals surface area (Å²) in [5.41, 5.74) is 0.606. The maximum atomic E-state index is 12.1. The highest BCUT2D eigenvalue weighted by Gasteiger charge is 2.52. The van der Waals surface area contributed by atoms with Crippen LogP contribution in [0, 0.1) is 0 Å². The monoisotopic (exact) mass is 348 g/mol. The number of rotatable bonds is 5. The molecule has 0 radical (unpaired) electrons. The van der Waals surface area contributed by atoms with Crippen molar-refractivity contribution < 1.29 is 24.2 Å². The van der Waals surface area contributed by atoms with E-state index in [-0.39, 0.29) is 12.5 Å². The zero-order chi connectivity index (χ0) is 17.3. The summed E-state index contributed by atoms with van der Waals surface area (Å²) in [6.45, 7) is 1.47. The average Bonchev–Trinajstić information content (AvgIpc) is 2.58. The molecule has 3 rings (SSSR count). The van der Waals surface area contributed by atoms with Gasteiger partial charge in [0.2, 0.25) is 0 Å². The van der Waals surface area contributed by atoms with Crippen LogP contribution in [-0.2, 0) is 14.4 Å². The molecule has 1 aromatic rings. The van der Waals surface area contributed by atoms with Gasteiger partial charge in [-0.05, 0) is 24.6 Å². The highest BCUT2D eigenvalue weighted by Crippen LogP contribution is 2.40. The van der Waals surface area contributed by atoms with Crippen molar-refractivity contribution in [3.8, 4) is 5.75 Å². The van der Waals surface area contributed by atoms with Gasteiger partial charge in [0.15, 0.2) is 6.61 Å². The van der Waals surface area contributed by atoms with Crippen LogP contribution in [0.15, 0.2) is 42.1 Å². The van der Waals surface area contributed by atoms with Crippen LogP contribution < -0.4 is 10.1 Å². The Morgan fingerprint density at radius 3 is 2.71 bits per heavy atom. The van der Waals surface area contributed by atoms with Gasteiger partial charge in [-0.15, -0.1) is 11.8 Å². The van der Waals surface area contributed by atoms with E-state index in [0.29, 0.717) is 11.3 Å². The normalized spacial score (nSPS) is 25.2. The van der Waals surface area contributed by atoms with Gasteiger partial charge in [0.1, 0.15) is 22.4 Å². The molecule has 2 aliphatic heterocycles. The number of carbonyl (C=O) groups excluding carboxylic acids is 2. The minimum absolute atomic E-state index is 0.206. The minimum Gasteiger partial charge on any atom is -0.484 e. The number of para-hydroxylation sites is 1. The zero-order valence-electron chi connectivity index (χ0n) is 12.8. The molecular weight excluding hydrogens is 332 g/mol. The van der Waals surface area contributed by atoms with E-state index in [1.807, 2.05) is 6.07 Å². The lowest BCUT2D eigenvalue weighted by molar-refractivity contribution is -0.145. The van der Waals surface area contributed by atoms with Crippen molar-refractivity contribution in [1.29, 1.82) is 0 Å². The van der Waals surface area contributed by atoms with Crippen LogP contribution in [0.3, 0.4) is 0 Å². The van der Waals surface area contributed by atoms with Crippen LogP contribution in [0.4, 0.5) is 0 Å². The molecule has 0 bridgehead atoms. The summed E-state index contributed by atoms with van der Waals surface area (Å²) < 4.78 is 5.34. The molecule has 126 valence electrons. The summed E-state index contributed by atoms with van der Waals surface area (Å²) in [5.74, 6) is -1.06. The summed E-state index contributed by atoms with van der Waals surface area (Å²) in [5, 5.41) is 10.7. The molecule has 2 aliphatic rings. The van der Waals surface area contributed by atoms with Gasteiger partial charge in [-0.3, -0.25) is 14.4 Å². The highest BCUT2D eigenvalue weighted by atomic mass is 32.2. The van der Waals surface area contributed by atoms with Gasteiger partial charge in [-0.1, -0.05) is 18.2 Å². The lowest BCUT2D eigenvalue weighted by Crippen LogP contribution is -2.69. The maximum Gasteiger partial charge on any atom is 0.320 e. The average molecular weight is 348 g/mol. The molecule has 1 aromatic carbocycles. The topological polar surface area (TPSA) is 95.9 Å². The first-order valence-electron chi connectivity index (χ1n) is 7.33. The third-order valence-corrected chi connectivity index (χ3v) is 5.39. The Labute approximate surface area is 142 Å². The Kier molecular flexibility index (Phi) is 4.48. The summed E-state index contributed by atoms with van der Waals surface area (Å²) in [4.78, 5) is 36.8. The van der Waals surface area contributed by atoms with Gasteiger partial charge in [0.05, 0.1) is 0 Å². The van der Waals surface area contributed by atoms with Gasteiger partial charge < -0.3 is 20.1 Å². The number of benzene rings is 1. The van der Waals surface area contributed by atoms with Crippen LogP contribution in [0.1, 0.15) is 6.92 Å². The summed E-state index contributed by atoms with van der Waals surface area (Å²) in [7, 11) is 0. The lowest BCUT2D eigenvalue weighted by atomic mass is 10.1. The second kappa shape index (κ2) is 6.56. The number of nitrogens with one attached hydrogen (secondary N) is 1. The van der Waals surface area contributed by atoms with E-state index < -0.39 is 28.5 Å². The predicted molar refractivity (Wildman–Crippen MR) is 87.3 cm³/mol. The van der Waals surface area contributed by atoms with E-state index in [2.05, 4.69) is 5.32 Å². The number of nitrogens with zero attached hydrogens (tertiary/aromatic N) is 1. The third-order valence-electron chi connectivity index (χ3n) is 3.77. The number of β-lactam (4-membered cyclic amide) rings is 1. The molecule has 0 saturated carbocycles. The molecule has 1 fully saturated rings. The predicted octanol–water partition coefficient (Wildman–Crippen LogP) is 0.822. The van der Waals surface area contributed by atoms with E-state index in [1.165, 1.54) is 4.90 Å². The van der Waals surface area contributed by atoms with E-state index in [4.69, 9.17) is 4.74 Å². The van der Waals surface area contributed by atoms with Crippen molar-refractivity contribution in [2.75, 3.05) is 6.61 Å². The molecule has 7 nitrogen and oxygen atoms in total. The summed E-state index contributed by atoms with van der Waals surface area (Å²) in [6, 6.07) is 8.15. The molecule has 2 unspecified atom stereocenters. The van der Waals surface area contributed by atoms with Gasteiger partial charge in [0, 0.05) is 6.20 Å². The smallest absolute Gasteiger partial charge is 0.320 e. The van der Waals surface area contributed by atoms with Crippen LogP contribution in [0.25, 0.3) is 0 Å². The quantitative estimate of drug-likeness (QED) is 0.765. The molecular formula is C16H16N2O5S. The van der Waals surface area contributed by atoms with E-state index >= 15 is 0 Å². The second-order valence-electron chi connectivity index (χ2n) is 5.51. The zero-order valence-corrected chi connectivity index (χ0v) is 13.7. The molecule has 2 N–H and O–H groups in total. The van der Waals surface area contributed by atoms with Crippen LogP contribution in [-0.4, -0.2) is 51.1 Å². The third kappa shape index (κ3) is 3.09. The highest BCUT2D eigenvalue weighted by molar-refractivity contribution is 8.01. The van der Waals surface area contributed by atoms with E-state index in [0.717, 1.165) is 11.8 Å². The fourth-order valence-corrected chi connectivity index (χ4v) is 3.88. The van der Waals surface area contributed by atoms with Crippen LogP contribution >= 0.6 is 11.8 Å². The Morgan fingerprint density at radius 2 is 2.04 bits per heavy atom. The Bertz CT molecular complexity index is 706. The Morgan fingerprint density at radius 1 is 1.33 bits per heavy atom. The Hall–Kier alpha value is -2.48. The van der Waals surface area contributed by atoms with Crippen LogP contribution in [0.2, 0.25) is 0 Å². The van der Waals surface area contributed by atoms with Gasteiger partial charge in [0.25, 0.3) is 11.8 Å². The van der Waals surface area contributed by atoms with Crippen molar-refractivity contribution >= 4 is 29.5 Å². The second-order valence-corrected chi connectivity index (χ2v) is 6.74. The molecule has 0 aliphatic carbocycles.